The first-order valence-corrected chi connectivity index (χ1v) is 6.38. The molecule has 0 saturated carbocycles. The predicted octanol–water partition coefficient (Wildman–Crippen LogP) is 3.04. The summed E-state index contributed by atoms with van der Waals surface area (Å²) < 4.78 is 6.13. The lowest BCUT2D eigenvalue weighted by Crippen LogP contribution is -2.21. The molecule has 0 aromatic carbocycles. The summed E-state index contributed by atoms with van der Waals surface area (Å²) in [6, 6.07) is 0. The molecule has 0 aliphatic carbocycles. The molecule has 0 heterocycles. The van der Waals surface area contributed by atoms with E-state index < -0.39 is 0 Å². The molecule has 0 aliphatic rings. The number of hydrogen-bond donors (Lipinski definition) is 0. The molecular formula is C10H19IO2. The van der Waals surface area contributed by atoms with Crippen molar-refractivity contribution in [2.24, 2.45) is 11.8 Å². The first-order chi connectivity index (χ1) is 6.13. The average molecular weight is 298 g/mol. The van der Waals surface area contributed by atoms with Crippen LogP contribution in [-0.4, -0.2) is 17.0 Å². The number of ether oxygens (including phenoxy) is 1. The molecule has 2 nitrogen and oxygen atoms in total. The number of esters is 1. The fourth-order valence-electron chi connectivity index (χ4n) is 1.16. The number of hydrogen-bond acceptors (Lipinski definition) is 2. The molecule has 0 spiro atoms. The Hall–Kier alpha value is 0.200. The smallest absolute Gasteiger partial charge is 0.308 e. The average Bonchev–Trinajstić information content (AvgIpc) is 2.13. The zero-order valence-electron chi connectivity index (χ0n) is 8.68. The summed E-state index contributed by atoms with van der Waals surface area (Å²) in [6.07, 6.45) is 2.30. The van der Waals surface area contributed by atoms with Crippen molar-refractivity contribution in [3.05, 3.63) is 0 Å². The summed E-state index contributed by atoms with van der Waals surface area (Å²) >= 11 is 2.36. The van der Waals surface area contributed by atoms with Crippen LogP contribution >= 0.6 is 22.6 Å². The molecule has 13 heavy (non-hydrogen) atoms. The maximum atomic E-state index is 11.3. The van der Waals surface area contributed by atoms with Crippen molar-refractivity contribution >= 4 is 28.6 Å². The van der Waals surface area contributed by atoms with Crippen LogP contribution in [0.2, 0.25) is 0 Å². The van der Waals surface area contributed by atoms with Gasteiger partial charge >= 0.3 is 5.97 Å². The molecule has 0 aromatic rings. The van der Waals surface area contributed by atoms with E-state index in [9.17, 15) is 4.79 Å². The van der Waals surface area contributed by atoms with Crippen molar-refractivity contribution in [2.45, 2.75) is 33.6 Å². The monoisotopic (exact) mass is 298 g/mol. The van der Waals surface area contributed by atoms with E-state index in [4.69, 9.17) is 4.74 Å². The third-order valence-electron chi connectivity index (χ3n) is 2.31. The molecule has 0 saturated heterocycles. The Kier molecular flexibility index (Phi) is 7.71. The summed E-state index contributed by atoms with van der Waals surface area (Å²) in [6.45, 7) is 6.41. The van der Waals surface area contributed by atoms with Crippen molar-refractivity contribution in [3.63, 3.8) is 0 Å². The number of alkyl halides is 1. The molecule has 0 aliphatic heterocycles. The molecule has 0 radical (unpaired) electrons. The van der Waals surface area contributed by atoms with Gasteiger partial charge in [-0.15, -0.1) is 0 Å². The minimum Gasteiger partial charge on any atom is -0.466 e. The normalized spacial score (nSPS) is 15.1. The number of halogens is 1. The second-order valence-electron chi connectivity index (χ2n) is 3.35. The fraction of sp³-hybridized carbons (Fsp3) is 0.900. The first kappa shape index (κ1) is 13.2. The standard InChI is InChI=1S/C10H19IO2/c1-4-13-10(12)9(3)8(2)6-5-7-11/h8-9H,4-7H2,1-3H3. The second kappa shape index (κ2) is 7.59. The Bertz CT molecular complexity index is 148. The Balaban J connectivity index is 3.79. The van der Waals surface area contributed by atoms with Crippen molar-refractivity contribution < 1.29 is 9.53 Å². The number of carbonyl (C=O) groups is 1. The van der Waals surface area contributed by atoms with E-state index in [0.29, 0.717) is 12.5 Å². The zero-order valence-corrected chi connectivity index (χ0v) is 10.8. The van der Waals surface area contributed by atoms with E-state index >= 15 is 0 Å². The van der Waals surface area contributed by atoms with Gasteiger partial charge in [-0.05, 0) is 30.1 Å². The Morgan fingerprint density at radius 2 is 2.08 bits per heavy atom. The molecule has 0 amide bonds. The van der Waals surface area contributed by atoms with Crippen molar-refractivity contribution in [3.8, 4) is 0 Å². The van der Waals surface area contributed by atoms with Crippen molar-refractivity contribution in [2.75, 3.05) is 11.0 Å². The fourth-order valence-corrected chi connectivity index (χ4v) is 1.60. The Labute approximate surface area is 94.6 Å². The van der Waals surface area contributed by atoms with E-state index in [0.717, 1.165) is 10.8 Å². The van der Waals surface area contributed by atoms with E-state index in [2.05, 4.69) is 29.5 Å². The van der Waals surface area contributed by atoms with Crippen LogP contribution in [0.25, 0.3) is 0 Å². The van der Waals surface area contributed by atoms with Crippen LogP contribution in [0.5, 0.6) is 0 Å². The van der Waals surface area contributed by atoms with Crippen molar-refractivity contribution in [1.82, 2.24) is 0 Å². The van der Waals surface area contributed by atoms with Gasteiger partial charge in [-0.1, -0.05) is 36.4 Å². The first-order valence-electron chi connectivity index (χ1n) is 4.86. The van der Waals surface area contributed by atoms with Crippen LogP contribution in [0.1, 0.15) is 33.6 Å². The Morgan fingerprint density at radius 3 is 2.54 bits per heavy atom. The SMILES string of the molecule is CCOC(=O)C(C)C(C)CCCI. The van der Waals surface area contributed by atoms with Crippen LogP contribution < -0.4 is 0 Å². The molecule has 2 unspecified atom stereocenters. The minimum absolute atomic E-state index is 0.0444. The maximum absolute atomic E-state index is 11.3. The highest BCUT2D eigenvalue weighted by Gasteiger charge is 2.20. The number of rotatable bonds is 6. The third kappa shape index (κ3) is 5.49. The molecule has 2 atom stereocenters. The highest BCUT2D eigenvalue weighted by atomic mass is 127. The third-order valence-corrected chi connectivity index (χ3v) is 3.07. The van der Waals surface area contributed by atoms with Gasteiger partial charge < -0.3 is 4.74 Å². The van der Waals surface area contributed by atoms with Crippen LogP contribution in [-0.2, 0) is 9.53 Å². The van der Waals surface area contributed by atoms with Gasteiger partial charge in [-0.2, -0.15) is 0 Å². The van der Waals surface area contributed by atoms with E-state index in [-0.39, 0.29) is 11.9 Å². The summed E-state index contributed by atoms with van der Waals surface area (Å²) in [5, 5.41) is 0. The molecule has 0 aromatic heterocycles. The van der Waals surface area contributed by atoms with Crippen molar-refractivity contribution in [1.29, 1.82) is 0 Å². The minimum atomic E-state index is -0.0524. The molecule has 0 rings (SSSR count). The highest BCUT2D eigenvalue weighted by Crippen LogP contribution is 2.18. The van der Waals surface area contributed by atoms with Gasteiger partial charge in [0.1, 0.15) is 0 Å². The van der Waals surface area contributed by atoms with Crippen LogP contribution in [0.4, 0.5) is 0 Å². The quantitative estimate of drug-likeness (QED) is 0.428. The Morgan fingerprint density at radius 1 is 1.46 bits per heavy atom. The maximum Gasteiger partial charge on any atom is 0.308 e. The topological polar surface area (TPSA) is 26.3 Å². The van der Waals surface area contributed by atoms with Gasteiger partial charge in [0.15, 0.2) is 0 Å². The summed E-state index contributed by atoms with van der Waals surface area (Å²) in [5.41, 5.74) is 0. The van der Waals surface area contributed by atoms with Gasteiger partial charge in [0.2, 0.25) is 0 Å². The lowest BCUT2D eigenvalue weighted by atomic mass is 9.92. The predicted molar refractivity (Wildman–Crippen MR) is 63.1 cm³/mol. The van der Waals surface area contributed by atoms with Gasteiger partial charge in [0.05, 0.1) is 12.5 Å². The van der Waals surface area contributed by atoms with E-state index in [1.807, 2.05) is 13.8 Å². The lowest BCUT2D eigenvalue weighted by Gasteiger charge is -2.17. The van der Waals surface area contributed by atoms with Gasteiger partial charge in [-0.25, -0.2) is 0 Å². The van der Waals surface area contributed by atoms with Crippen LogP contribution in [0.3, 0.4) is 0 Å². The molecule has 0 N–H and O–H groups in total. The van der Waals surface area contributed by atoms with E-state index in [1.54, 1.807) is 0 Å². The van der Waals surface area contributed by atoms with E-state index in [1.165, 1.54) is 6.42 Å². The summed E-state index contributed by atoms with van der Waals surface area (Å²) in [7, 11) is 0. The summed E-state index contributed by atoms with van der Waals surface area (Å²) in [4.78, 5) is 11.3. The molecule has 0 fully saturated rings. The number of carbonyl (C=O) groups excluding carboxylic acids is 1. The van der Waals surface area contributed by atoms with Gasteiger partial charge in [0, 0.05) is 0 Å². The molecule has 0 bridgehead atoms. The van der Waals surface area contributed by atoms with Crippen LogP contribution in [0.15, 0.2) is 0 Å². The molecular weight excluding hydrogens is 279 g/mol. The highest BCUT2D eigenvalue weighted by molar-refractivity contribution is 14.1. The summed E-state index contributed by atoms with van der Waals surface area (Å²) in [5.74, 6) is 0.431. The molecule has 78 valence electrons. The van der Waals surface area contributed by atoms with Gasteiger partial charge in [-0.3, -0.25) is 4.79 Å². The van der Waals surface area contributed by atoms with Crippen LogP contribution in [0, 0.1) is 11.8 Å². The lowest BCUT2D eigenvalue weighted by molar-refractivity contribution is -0.149. The van der Waals surface area contributed by atoms with Gasteiger partial charge in [0.25, 0.3) is 0 Å². The second-order valence-corrected chi connectivity index (χ2v) is 4.43. The molecule has 3 heteroatoms. The largest absolute Gasteiger partial charge is 0.466 e. The zero-order chi connectivity index (χ0) is 10.3.